The van der Waals surface area contributed by atoms with Crippen molar-refractivity contribution in [3.63, 3.8) is 0 Å². The molecule has 0 radical (unpaired) electrons. The maximum absolute atomic E-state index is 11.9. The summed E-state index contributed by atoms with van der Waals surface area (Å²) in [4.78, 5) is 14.5. The van der Waals surface area contributed by atoms with E-state index in [1.54, 1.807) is 14.2 Å². The monoisotopic (exact) mass is 439 g/mol. The van der Waals surface area contributed by atoms with Crippen LogP contribution in [0.15, 0.2) is 36.4 Å². The summed E-state index contributed by atoms with van der Waals surface area (Å²) >= 11 is 0. The van der Waals surface area contributed by atoms with Crippen molar-refractivity contribution in [2.75, 3.05) is 27.4 Å². The van der Waals surface area contributed by atoms with Crippen LogP contribution in [0.2, 0.25) is 0 Å². The van der Waals surface area contributed by atoms with Crippen LogP contribution in [0.25, 0.3) is 11.1 Å². The van der Waals surface area contributed by atoms with Gasteiger partial charge in [0.1, 0.15) is 23.9 Å². The molecule has 0 spiro atoms. The Morgan fingerprint density at radius 1 is 1.06 bits per heavy atom. The van der Waals surface area contributed by atoms with Gasteiger partial charge in [-0.15, -0.1) is 0 Å². The normalized spacial score (nSPS) is 17.6. The summed E-state index contributed by atoms with van der Waals surface area (Å²) < 4.78 is 17.1. The predicted molar refractivity (Wildman–Crippen MR) is 129 cm³/mol. The second kappa shape index (κ2) is 11.9. The molecule has 0 N–H and O–H groups in total. The molecule has 2 unspecified atom stereocenters. The van der Waals surface area contributed by atoms with Gasteiger partial charge in [-0.25, -0.2) is 0 Å². The summed E-state index contributed by atoms with van der Waals surface area (Å²) in [6.45, 7) is 6.35. The summed E-state index contributed by atoms with van der Waals surface area (Å²) in [6, 6.07) is 12.5. The molecule has 1 fully saturated rings. The van der Waals surface area contributed by atoms with Crippen LogP contribution in [0, 0.1) is 0 Å². The van der Waals surface area contributed by atoms with Gasteiger partial charge in [0.2, 0.25) is 0 Å². The zero-order valence-corrected chi connectivity index (χ0v) is 19.9. The minimum absolute atomic E-state index is 0.418. The minimum Gasteiger partial charge on any atom is -0.497 e. The van der Waals surface area contributed by atoms with Crippen LogP contribution in [0.4, 0.5) is 0 Å². The second-order valence-electron chi connectivity index (χ2n) is 8.48. The van der Waals surface area contributed by atoms with Gasteiger partial charge in [-0.2, -0.15) is 0 Å². The molecule has 32 heavy (non-hydrogen) atoms. The molecule has 1 saturated heterocycles. The maximum Gasteiger partial charge on any atom is 0.154 e. The van der Waals surface area contributed by atoms with Crippen molar-refractivity contribution in [1.29, 1.82) is 0 Å². The van der Waals surface area contributed by atoms with Gasteiger partial charge < -0.3 is 14.2 Å². The number of aldehydes is 1. The lowest BCUT2D eigenvalue weighted by molar-refractivity contribution is 0.0545. The highest BCUT2D eigenvalue weighted by molar-refractivity contribution is 5.92. The third-order valence-corrected chi connectivity index (χ3v) is 6.53. The van der Waals surface area contributed by atoms with Gasteiger partial charge in [0, 0.05) is 18.2 Å². The molecule has 3 rings (SSSR count). The van der Waals surface area contributed by atoms with Gasteiger partial charge in [-0.1, -0.05) is 38.8 Å². The quantitative estimate of drug-likeness (QED) is 0.402. The second-order valence-corrected chi connectivity index (χ2v) is 8.48. The van der Waals surface area contributed by atoms with Gasteiger partial charge in [0.05, 0.1) is 19.8 Å². The van der Waals surface area contributed by atoms with Crippen LogP contribution in [0.3, 0.4) is 0 Å². The number of carbonyl (C=O) groups excluding carboxylic acids is 1. The summed E-state index contributed by atoms with van der Waals surface area (Å²) in [7, 11) is 3.23. The zero-order valence-electron chi connectivity index (χ0n) is 19.9. The number of methoxy groups -OCH3 is 2. The molecule has 1 heterocycles. The summed E-state index contributed by atoms with van der Waals surface area (Å²) in [5, 5.41) is 0. The van der Waals surface area contributed by atoms with Crippen LogP contribution in [-0.2, 0) is 0 Å². The Hall–Kier alpha value is -2.53. The molecule has 0 amide bonds. The first-order valence-electron chi connectivity index (χ1n) is 11.8. The highest BCUT2D eigenvalue weighted by Gasteiger charge is 2.28. The van der Waals surface area contributed by atoms with E-state index in [9.17, 15) is 4.79 Å². The Morgan fingerprint density at radius 3 is 2.47 bits per heavy atom. The molecule has 2 atom stereocenters. The van der Waals surface area contributed by atoms with Crippen LogP contribution < -0.4 is 14.2 Å². The van der Waals surface area contributed by atoms with E-state index in [2.05, 4.69) is 18.7 Å². The van der Waals surface area contributed by atoms with Crippen LogP contribution >= 0.6 is 0 Å². The lowest BCUT2D eigenvalue weighted by Crippen LogP contribution is -2.48. The van der Waals surface area contributed by atoms with E-state index in [0.29, 0.717) is 30.0 Å². The van der Waals surface area contributed by atoms with Crippen molar-refractivity contribution in [3.05, 3.63) is 42.0 Å². The fourth-order valence-corrected chi connectivity index (χ4v) is 4.80. The number of carbonyl (C=O) groups is 1. The first-order valence-corrected chi connectivity index (χ1v) is 11.8. The highest BCUT2D eigenvalue weighted by Crippen LogP contribution is 2.35. The molecule has 5 heteroatoms. The number of hydrogen-bond acceptors (Lipinski definition) is 5. The number of hydrogen-bond donors (Lipinski definition) is 0. The van der Waals surface area contributed by atoms with Gasteiger partial charge in [0.25, 0.3) is 0 Å². The number of nitrogens with zero attached hydrogens (tertiary/aromatic N) is 1. The number of rotatable bonds is 11. The first-order chi connectivity index (χ1) is 15.6. The van der Waals surface area contributed by atoms with Crippen molar-refractivity contribution in [1.82, 2.24) is 4.90 Å². The zero-order chi connectivity index (χ0) is 22.9. The molecule has 0 aliphatic carbocycles. The third kappa shape index (κ3) is 5.63. The van der Waals surface area contributed by atoms with Crippen LogP contribution in [0.5, 0.6) is 17.2 Å². The molecule has 1 aliphatic rings. The lowest BCUT2D eigenvalue weighted by atomic mass is 9.97. The standard InChI is InChI=1S/C27H37NO4/c1-5-9-21(6-2)28-15-8-7-10-22(28)19-32-24-16-25(26(18-29)27(17-24)31-4)20-11-13-23(30-3)14-12-20/h11-14,16-18,21-22H,5-10,15,19H2,1-4H3. The van der Waals surface area contributed by atoms with Gasteiger partial charge in [-0.05, 0) is 61.6 Å². The summed E-state index contributed by atoms with van der Waals surface area (Å²) in [5.41, 5.74) is 2.25. The number of ether oxygens (including phenoxy) is 3. The Balaban J connectivity index is 1.84. The molecule has 2 aromatic rings. The van der Waals surface area contributed by atoms with Crippen molar-refractivity contribution >= 4 is 6.29 Å². The Kier molecular flexibility index (Phi) is 8.98. The topological polar surface area (TPSA) is 48.0 Å². The maximum atomic E-state index is 11.9. The van der Waals surface area contributed by atoms with E-state index in [4.69, 9.17) is 14.2 Å². The number of benzene rings is 2. The van der Waals surface area contributed by atoms with Gasteiger partial charge >= 0.3 is 0 Å². The Bertz CT molecular complexity index is 865. The highest BCUT2D eigenvalue weighted by atomic mass is 16.5. The molecular weight excluding hydrogens is 402 g/mol. The lowest BCUT2D eigenvalue weighted by Gasteiger charge is -2.41. The third-order valence-electron chi connectivity index (χ3n) is 6.53. The first kappa shape index (κ1) is 24.1. The number of piperidine rings is 1. The molecule has 0 saturated carbocycles. The van der Waals surface area contributed by atoms with Crippen molar-refractivity contribution in [2.45, 2.75) is 64.5 Å². The summed E-state index contributed by atoms with van der Waals surface area (Å²) in [5.74, 6) is 2.03. The van der Waals surface area contributed by atoms with Crippen LogP contribution in [-0.4, -0.2) is 50.6 Å². The largest absolute Gasteiger partial charge is 0.497 e. The molecule has 1 aliphatic heterocycles. The van der Waals surface area contributed by atoms with E-state index in [-0.39, 0.29) is 0 Å². The molecule has 0 bridgehead atoms. The average Bonchev–Trinajstić information content (AvgIpc) is 2.85. The van der Waals surface area contributed by atoms with E-state index in [0.717, 1.165) is 41.9 Å². The smallest absolute Gasteiger partial charge is 0.154 e. The molecule has 5 nitrogen and oxygen atoms in total. The van der Waals surface area contributed by atoms with E-state index in [1.165, 1.54) is 32.1 Å². The SMILES string of the molecule is CCCC(CC)N1CCCCC1COc1cc(OC)c(C=O)c(-c2ccc(OC)cc2)c1. The molecule has 174 valence electrons. The van der Waals surface area contributed by atoms with Crippen molar-refractivity contribution in [2.24, 2.45) is 0 Å². The Morgan fingerprint density at radius 2 is 1.84 bits per heavy atom. The van der Waals surface area contributed by atoms with E-state index < -0.39 is 0 Å². The van der Waals surface area contributed by atoms with E-state index >= 15 is 0 Å². The number of likely N-dealkylation sites (tertiary alicyclic amines) is 1. The van der Waals surface area contributed by atoms with E-state index in [1.807, 2.05) is 36.4 Å². The summed E-state index contributed by atoms with van der Waals surface area (Å²) in [6.07, 6.45) is 8.14. The fourth-order valence-electron chi connectivity index (χ4n) is 4.80. The molecule has 2 aromatic carbocycles. The molecular formula is C27H37NO4. The van der Waals surface area contributed by atoms with Gasteiger partial charge in [0.15, 0.2) is 6.29 Å². The van der Waals surface area contributed by atoms with Crippen molar-refractivity contribution in [3.8, 4) is 28.4 Å². The average molecular weight is 440 g/mol. The molecule has 0 aromatic heterocycles. The van der Waals surface area contributed by atoms with Gasteiger partial charge in [-0.3, -0.25) is 9.69 Å². The van der Waals surface area contributed by atoms with Crippen LogP contribution in [0.1, 0.15) is 62.7 Å². The Labute approximate surface area is 192 Å². The minimum atomic E-state index is 0.418. The fraction of sp³-hybridized carbons (Fsp3) is 0.519. The van der Waals surface area contributed by atoms with Crippen molar-refractivity contribution < 1.29 is 19.0 Å². The predicted octanol–water partition coefficient (Wildman–Crippen LogP) is 6.00.